The molecule has 0 aliphatic heterocycles. The average Bonchev–Trinajstić information content (AvgIpc) is 2.45. The lowest BCUT2D eigenvalue weighted by Crippen LogP contribution is -2.39. The zero-order valence-electron chi connectivity index (χ0n) is 11.5. The number of halogens is 2. The summed E-state index contributed by atoms with van der Waals surface area (Å²) in [6.45, 7) is 3.40. The van der Waals surface area contributed by atoms with Crippen LogP contribution in [0.2, 0.25) is 0 Å². The number of benzene rings is 1. The zero-order chi connectivity index (χ0) is 15.1. The predicted octanol–water partition coefficient (Wildman–Crippen LogP) is 2.29. The third-order valence-electron chi connectivity index (χ3n) is 3.23. The number of aryl methyl sites for hydroxylation is 1. The van der Waals surface area contributed by atoms with Crippen molar-refractivity contribution in [2.75, 3.05) is 13.7 Å². The van der Waals surface area contributed by atoms with Crippen molar-refractivity contribution in [2.24, 2.45) is 0 Å². The van der Waals surface area contributed by atoms with E-state index >= 15 is 0 Å². The standard InChI is InChI=1S/C15H19F2NO2/c1-3-5-12(10-19)18(2)14(20)9-8-11-6-4-7-13(16)15(11)17/h3-4,6-7,12,19H,1,5,8-10H2,2H3/t12-/m0/s1. The fraction of sp³-hybridized carbons (Fsp3) is 0.400. The molecule has 0 aromatic heterocycles. The van der Waals surface area contributed by atoms with Crippen LogP contribution < -0.4 is 0 Å². The highest BCUT2D eigenvalue weighted by molar-refractivity contribution is 5.76. The van der Waals surface area contributed by atoms with Gasteiger partial charge in [0.05, 0.1) is 12.6 Å². The maximum Gasteiger partial charge on any atom is 0.222 e. The first kappa shape index (κ1) is 16.3. The maximum absolute atomic E-state index is 13.4. The van der Waals surface area contributed by atoms with Crippen molar-refractivity contribution in [3.63, 3.8) is 0 Å². The number of carbonyl (C=O) groups excluding carboxylic acids is 1. The number of hydrogen-bond acceptors (Lipinski definition) is 2. The SMILES string of the molecule is C=CC[C@@H](CO)N(C)C(=O)CCc1cccc(F)c1F. The first-order valence-electron chi connectivity index (χ1n) is 6.41. The first-order valence-corrected chi connectivity index (χ1v) is 6.41. The van der Waals surface area contributed by atoms with Gasteiger partial charge in [-0.3, -0.25) is 4.79 Å². The Kier molecular flexibility index (Phi) is 6.31. The molecule has 0 saturated heterocycles. The minimum Gasteiger partial charge on any atom is -0.394 e. The van der Waals surface area contributed by atoms with E-state index in [1.165, 1.54) is 17.0 Å². The number of rotatable bonds is 7. The number of aliphatic hydroxyl groups excluding tert-OH is 1. The lowest BCUT2D eigenvalue weighted by molar-refractivity contribution is -0.132. The Bertz CT molecular complexity index is 477. The van der Waals surface area contributed by atoms with Crippen molar-refractivity contribution in [3.05, 3.63) is 48.1 Å². The second-order valence-electron chi connectivity index (χ2n) is 4.58. The molecule has 1 rings (SSSR count). The van der Waals surface area contributed by atoms with E-state index in [0.29, 0.717) is 6.42 Å². The normalized spacial score (nSPS) is 12.0. The Morgan fingerprint density at radius 2 is 2.20 bits per heavy atom. The van der Waals surface area contributed by atoms with E-state index in [-0.39, 0.29) is 37.0 Å². The molecule has 1 atom stereocenters. The number of carbonyl (C=O) groups is 1. The van der Waals surface area contributed by atoms with Crippen LogP contribution in [-0.2, 0) is 11.2 Å². The van der Waals surface area contributed by atoms with Crippen LogP contribution in [0.1, 0.15) is 18.4 Å². The number of nitrogens with zero attached hydrogens (tertiary/aromatic N) is 1. The Balaban J connectivity index is 2.62. The molecular formula is C15H19F2NO2. The number of amides is 1. The average molecular weight is 283 g/mol. The van der Waals surface area contributed by atoms with Crippen LogP contribution in [0.3, 0.4) is 0 Å². The molecule has 0 bridgehead atoms. The maximum atomic E-state index is 13.4. The van der Waals surface area contributed by atoms with E-state index in [1.54, 1.807) is 13.1 Å². The molecule has 20 heavy (non-hydrogen) atoms. The molecule has 3 nitrogen and oxygen atoms in total. The van der Waals surface area contributed by atoms with E-state index in [4.69, 9.17) is 0 Å². The van der Waals surface area contributed by atoms with Gasteiger partial charge in [-0.2, -0.15) is 0 Å². The molecule has 0 radical (unpaired) electrons. The fourth-order valence-corrected chi connectivity index (χ4v) is 1.91. The molecule has 1 aromatic rings. The second kappa shape index (κ2) is 7.75. The number of aliphatic hydroxyl groups is 1. The zero-order valence-corrected chi connectivity index (χ0v) is 11.5. The van der Waals surface area contributed by atoms with E-state index < -0.39 is 11.6 Å². The number of hydrogen-bond donors (Lipinski definition) is 1. The number of likely N-dealkylation sites (N-methyl/N-ethyl adjacent to an activating group) is 1. The van der Waals surface area contributed by atoms with Gasteiger partial charge in [0.1, 0.15) is 0 Å². The monoisotopic (exact) mass is 283 g/mol. The summed E-state index contributed by atoms with van der Waals surface area (Å²) < 4.78 is 26.5. The van der Waals surface area contributed by atoms with E-state index in [2.05, 4.69) is 6.58 Å². The van der Waals surface area contributed by atoms with Crippen molar-refractivity contribution in [1.82, 2.24) is 4.90 Å². The van der Waals surface area contributed by atoms with E-state index in [0.717, 1.165) is 6.07 Å². The summed E-state index contributed by atoms with van der Waals surface area (Å²) in [6, 6.07) is 3.57. The quantitative estimate of drug-likeness (QED) is 0.780. The topological polar surface area (TPSA) is 40.5 Å². The summed E-state index contributed by atoms with van der Waals surface area (Å²) >= 11 is 0. The molecule has 5 heteroatoms. The van der Waals surface area contributed by atoms with Crippen molar-refractivity contribution in [1.29, 1.82) is 0 Å². The Morgan fingerprint density at radius 3 is 2.80 bits per heavy atom. The molecule has 1 aromatic carbocycles. The summed E-state index contributed by atoms with van der Waals surface area (Å²) in [4.78, 5) is 13.4. The molecule has 110 valence electrons. The van der Waals surface area contributed by atoms with Crippen molar-refractivity contribution < 1.29 is 18.7 Å². The van der Waals surface area contributed by atoms with Crippen LogP contribution in [0, 0.1) is 11.6 Å². The highest BCUT2D eigenvalue weighted by Gasteiger charge is 2.18. The predicted molar refractivity (Wildman–Crippen MR) is 73.1 cm³/mol. The molecule has 0 spiro atoms. The summed E-state index contributed by atoms with van der Waals surface area (Å²) in [7, 11) is 1.58. The summed E-state index contributed by atoms with van der Waals surface area (Å²) in [5, 5.41) is 9.19. The van der Waals surface area contributed by atoms with Gasteiger partial charge in [0, 0.05) is 13.5 Å². The Hall–Kier alpha value is -1.75. The van der Waals surface area contributed by atoms with Gasteiger partial charge in [-0.25, -0.2) is 8.78 Å². The van der Waals surface area contributed by atoms with Crippen LogP contribution in [0.4, 0.5) is 8.78 Å². The highest BCUT2D eigenvalue weighted by Crippen LogP contribution is 2.14. The van der Waals surface area contributed by atoms with Crippen LogP contribution in [0.15, 0.2) is 30.9 Å². The van der Waals surface area contributed by atoms with Gasteiger partial charge in [0.15, 0.2) is 11.6 Å². The lowest BCUT2D eigenvalue weighted by atomic mass is 10.1. The molecule has 1 N–H and O–H groups in total. The first-order chi connectivity index (χ1) is 9.51. The van der Waals surface area contributed by atoms with Gasteiger partial charge >= 0.3 is 0 Å². The summed E-state index contributed by atoms with van der Waals surface area (Å²) in [5.41, 5.74) is 0.177. The third-order valence-corrected chi connectivity index (χ3v) is 3.23. The molecule has 0 aliphatic carbocycles. The van der Waals surface area contributed by atoms with E-state index in [9.17, 15) is 18.7 Å². The Morgan fingerprint density at radius 1 is 1.50 bits per heavy atom. The summed E-state index contributed by atoms with van der Waals surface area (Å²) in [6.07, 6.45) is 2.29. The molecular weight excluding hydrogens is 264 g/mol. The highest BCUT2D eigenvalue weighted by atomic mass is 19.2. The molecule has 0 aliphatic rings. The fourth-order valence-electron chi connectivity index (χ4n) is 1.91. The Labute approximate surface area is 117 Å². The molecule has 0 unspecified atom stereocenters. The largest absolute Gasteiger partial charge is 0.394 e. The lowest BCUT2D eigenvalue weighted by Gasteiger charge is -2.25. The van der Waals surface area contributed by atoms with Crippen molar-refractivity contribution in [2.45, 2.75) is 25.3 Å². The van der Waals surface area contributed by atoms with Gasteiger partial charge in [-0.15, -0.1) is 6.58 Å². The van der Waals surface area contributed by atoms with Gasteiger partial charge in [0.25, 0.3) is 0 Å². The third kappa shape index (κ3) is 4.13. The van der Waals surface area contributed by atoms with Crippen molar-refractivity contribution in [3.8, 4) is 0 Å². The van der Waals surface area contributed by atoms with Crippen LogP contribution in [0.25, 0.3) is 0 Å². The van der Waals surface area contributed by atoms with Crippen LogP contribution in [-0.4, -0.2) is 35.6 Å². The summed E-state index contributed by atoms with van der Waals surface area (Å²) in [5.74, 6) is -2.05. The van der Waals surface area contributed by atoms with Gasteiger partial charge in [0.2, 0.25) is 5.91 Å². The van der Waals surface area contributed by atoms with Gasteiger partial charge < -0.3 is 10.0 Å². The van der Waals surface area contributed by atoms with Gasteiger partial charge in [-0.1, -0.05) is 18.2 Å². The second-order valence-corrected chi connectivity index (χ2v) is 4.58. The smallest absolute Gasteiger partial charge is 0.222 e. The molecule has 1 amide bonds. The van der Waals surface area contributed by atoms with E-state index in [1.807, 2.05) is 0 Å². The minimum absolute atomic E-state index is 0.0600. The molecule has 0 fully saturated rings. The molecule has 0 heterocycles. The molecule has 0 saturated carbocycles. The van der Waals surface area contributed by atoms with Crippen LogP contribution in [0.5, 0.6) is 0 Å². The van der Waals surface area contributed by atoms with Crippen LogP contribution >= 0.6 is 0 Å². The van der Waals surface area contributed by atoms with Gasteiger partial charge in [-0.05, 0) is 24.5 Å². The minimum atomic E-state index is -0.914. The van der Waals surface area contributed by atoms with Crippen molar-refractivity contribution >= 4 is 5.91 Å².